The molecule has 0 aromatic carbocycles. The summed E-state index contributed by atoms with van der Waals surface area (Å²) < 4.78 is 26.0. The van der Waals surface area contributed by atoms with E-state index in [2.05, 4.69) is 10.6 Å². The molecule has 6 nitrogen and oxygen atoms in total. The van der Waals surface area contributed by atoms with Gasteiger partial charge in [0, 0.05) is 51.4 Å². The first-order valence-electron chi connectivity index (χ1n) is 6.96. The van der Waals surface area contributed by atoms with E-state index in [0.717, 1.165) is 0 Å². The Balaban J connectivity index is 2.27. The number of amides is 3. The minimum absolute atomic E-state index is 0.0513. The molecular formula is C13H21F2N3O3. The molecule has 0 aromatic heterocycles. The maximum atomic E-state index is 13.0. The number of hydrogen-bond donors (Lipinski definition) is 2. The lowest BCUT2D eigenvalue weighted by molar-refractivity contribution is -0.137. The number of nitrogens with zero attached hydrogens (tertiary/aromatic N) is 1. The fraction of sp³-hybridized carbons (Fsp3) is 0.769. The Morgan fingerprint density at radius 3 is 2.52 bits per heavy atom. The van der Waals surface area contributed by atoms with Gasteiger partial charge in [0.2, 0.25) is 18.2 Å². The summed E-state index contributed by atoms with van der Waals surface area (Å²) in [6, 6.07) is -0.372. The van der Waals surface area contributed by atoms with Gasteiger partial charge in [-0.2, -0.15) is 0 Å². The smallest absolute Gasteiger partial charge is 0.251 e. The van der Waals surface area contributed by atoms with Crippen molar-refractivity contribution in [2.45, 2.75) is 44.6 Å². The summed E-state index contributed by atoms with van der Waals surface area (Å²) in [4.78, 5) is 34.9. The molecule has 0 bridgehead atoms. The summed E-state index contributed by atoms with van der Waals surface area (Å²) >= 11 is 0. The first-order chi connectivity index (χ1) is 9.84. The molecule has 120 valence electrons. The highest BCUT2D eigenvalue weighted by Crippen LogP contribution is 2.27. The van der Waals surface area contributed by atoms with Gasteiger partial charge in [-0.05, 0) is 6.92 Å². The molecule has 1 heterocycles. The van der Waals surface area contributed by atoms with Gasteiger partial charge in [-0.1, -0.05) is 0 Å². The molecule has 1 atom stereocenters. The van der Waals surface area contributed by atoms with Gasteiger partial charge in [0.15, 0.2) is 0 Å². The van der Waals surface area contributed by atoms with E-state index in [4.69, 9.17) is 0 Å². The molecule has 0 saturated carbocycles. The normalized spacial score (nSPS) is 18.7. The van der Waals surface area contributed by atoms with Crippen molar-refractivity contribution < 1.29 is 23.2 Å². The van der Waals surface area contributed by atoms with E-state index in [9.17, 15) is 23.2 Å². The van der Waals surface area contributed by atoms with E-state index in [-0.39, 0.29) is 63.2 Å². The molecule has 1 aliphatic heterocycles. The number of halogens is 2. The predicted octanol–water partition coefficient (Wildman–Crippen LogP) is 0.275. The monoisotopic (exact) mass is 305 g/mol. The van der Waals surface area contributed by atoms with Gasteiger partial charge in [-0.25, -0.2) is 8.78 Å². The summed E-state index contributed by atoms with van der Waals surface area (Å²) in [7, 11) is 0. The Labute approximate surface area is 122 Å². The molecule has 1 fully saturated rings. The van der Waals surface area contributed by atoms with Crippen LogP contribution >= 0.6 is 0 Å². The summed E-state index contributed by atoms with van der Waals surface area (Å²) in [6.07, 6.45) is 0.103. The molecule has 1 rings (SSSR count). The van der Waals surface area contributed by atoms with Gasteiger partial charge in [0.25, 0.3) is 5.92 Å². The maximum Gasteiger partial charge on any atom is 0.251 e. The Kier molecular flexibility index (Phi) is 6.51. The molecule has 21 heavy (non-hydrogen) atoms. The first kappa shape index (κ1) is 17.3. The zero-order chi connectivity index (χ0) is 15.9. The van der Waals surface area contributed by atoms with E-state index in [0.29, 0.717) is 6.41 Å². The average molecular weight is 305 g/mol. The molecule has 1 unspecified atom stereocenters. The molecule has 1 saturated heterocycles. The van der Waals surface area contributed by atoms with Crippen LogP contribution < -0.4 is 10.6 Å². The molecule has 1 aliphatic rings. The molecule has 2 N–H and O–H groups in total. The summed E-state index contributed by atoms with van der Waals surface area (Å²) in [5.41, 5.74) is 0. The minimum atomic E-state index is -2.68. The van der Waals surface area contributed by atoms with Crippen LogP contribution in [0.5, 0.6) is 0 Å². The number of hydrogen-bond acceptors (Lipinski definition) is 3. The maximum absolute atomic E-state index is 13.0. The predicted molar refractivity (Wildman–Crippen MR) is 71.7 cm³/mol. The number of alkyl halides is 2. The third-order valence-corrected chi connectivity index (χ3v) is 3.32. The molecule has 0 aliphatic carbocycles. The van der Waals surface area contributed by atoms with E-state index < -0.39 is 5.92 Å². The number of carbonyl (C=O) groups is 3. The van der Waals surface area contributed by atoms with Crippen LogP contribution in [0.1, 0.15) is 32.6 Å². The lowest BCUT2D eigenvalue weighted by atomic mass is 10.1. The van der Waals surface area contributed by atoms with Crippen molar-refractivity contribution >= 4 is 18.2 Å². The fourth-order valence-electron chi connectivity index (χ4n) is 2.12. The first-order valence-corrected chi connectivity index (χ1v) is 6.96. The van der Waals surface area contributed by atoms with Gasteiger partial charge < -0.3 is 15.5 Å². The third-order valence-electron chi connectivity index (χ3n) is 3.32. The van der Waals surface area contributed by atoms with Crippen LogP contribution in [0.2, 0.25) is 0 Å². The number of rotatable bonds is 7. The Bertz CT molecular complexity index is 381. The van der Waals surface area contributed by atoms with Crippen LogP contribution in [0.4, 0.5) is 8.78 Å². The fourth-order valence-corrected chi connectivity index (χ4v) is 2.12. The van der Waals surface area contributed by atoms with Crippen molar-refractivity contribution in [1.82, 2.24) is 15.5 Å². The topological polar surface area (TPSA) is 78.5 Å². The highest BCUT2D eigenvalue weighted by Gasteiger charge is 2.35. The third kappa shape index (κ3) is 6.50. The van der Waals surface area contributed by atoms with E-state index >= 15 is 0 Å². The number of likely N-dealkylation sites (tertiary alicyclic amines) is 1. The van der Waals surface area contributed by atoms with Crippen LogP contribution in [0.3, 0.4) is 0 Å². The lowest BCUT2D eigenvalue weighted by Gasteiger charge is -2.32. The van der Waals surface area contributed by atoms with Crippen molar-refractivity contribution in [3.05, 3.63) is 0 Å². The van der Waals surface area contributed by atoms with Gasteiger partial charge in [0.05, 0.1) is 0 Å². The van der Waals surface area contributed by atoms with Gasteiger partial charge in [-0.15, -0.1) is 0 Å². The molecule has 0 radical (unpaired) electrons. The van der Waals surface area contributed by atoms with Crippen molar-refractivity contribution in [3.63, 3.8) is 0 Å². The van der Waals surface area contributed by atoms with Crippen molar-refractivity contribution in [3.8, 4) is 0 Å². The Morgan fingerprint density at radius 2 is 1.95 bits per heavy atom. The summed E-state index contributed by atoms with van der Waals surface area (Å²) in [5, 5.41) is 5.00. The summed E-state index contributed by atoms with van der Waals surface area (Å²) in [6.45, 7) is 2.02. The SMILES string of the molecule is CC(CC(=O)N1CCC(F)(F)CC1)NC(=O)CCNC=O. The Morgan fingerprint density at radius 1 is 1.33 bits per heavy atom. The Hall–Kier alpha value is -1.73. The second-order valence-electron chi connectivity index (χ2n) is 5.23. The minimum Gasteiger partial charge on any atom is -0.358 e. The molecule has 0 aromatic rings. The number of piperidine rings is 1. The van der Waals surface area contributed by atoms with Crippen LogP contribution in [0, 0.1) is 0 Å². The number of nitrogens with one attached hydrogen (secondary N) is 2. The zero-order valence-electron chi connectivity index (χ0n) is 12.0. The largest absolute Gasteiger partial charge is 0.358 e. The van der Waals surface area contributed by atoms with Gasteiger partial charge >= 0.3 is 0 Å². The van der Waals surface area contributed by atoms with Crippen molar-refractivity contribution in [1.29, 1.82) is 0 Å². The van der Waals surface area contributed by atoms with Gasteiger partial charge in [0.1, 0.15) is 0 Å². The van der Waals surface area contributed by atoms with Crippen molar-refractivity contribution in [2.75, 3.05) is 19.6 Å². The molecule has 3 amide bonds. The highest BCUT2D eigenvalue weighted by molar-refractivity contribution is 5.80. The number of carbonyl (C=O) groups excluding carboxylic acids is 3. The van der Waals surface area contributed by atoms with Crippen LogP contribution in [-0.2, 0) is 14.4 Å². The average Bonchev–Trinajstić information content (AvgIpc) is 2.38. The van der Waals surface area contributed by atoms with E-state index in [1.165, 1.54) is 4.90 Å². The molecule has 0 spiro atoms. The van der Waals surface area contributed by atoms with Crippen LogP contribution in [-0.4, -0.2) is 54.7 Å². The quantitative estimate of drug-likeness (QED) is 0.524. The summed E-state index contributed by atoms with van der Waals surface area (Å²) in [5.74, 6) is -3.18. The highest BCUT2D eigenvalue weighted by atomic mass is 19.3. The van der Waals surface area contributed by atoms with Crippen LogP contribution in [0.15, 0.2) is 0 Å². The van der Waals surface area contributed by atoms with E-state index in [1.807, 2.05) is 0 Å². The standard InChI is InChI=1S/C13H21F2N3O3/c1-10(17-11(20)2-5-16-9-19)8-12(21)18-6-3-13(14,15)4-7-18/h9-10H,2-8H2,1H3,(H,16,19)(H,17,20). The van der Waals surface area contributed by atoms with Gasteiger partial charge in [-0.3, -0.25) is 14.4 Å². The lowest BCUT2D eigenvalue weighted by Crippen LogP contribution is -2.45. The molecular weight excluding hydrogens is 284 g/mol. The van der Waals surface area contributed by atoms with Crippen molar-refractivity contribution in [2.24, 2.45) is 0 Å². The second-order valence-corrected chi connectivity index (χ2v) is 5.23. The van der Waals surface area contributed by atoms with Crippen LogP contribution in [0.25, 0.3) is 0 Å². The second kappa shape index (κ2) is 7.90. The zero-order valence-corrected chi connectivity index (χ0v) is 12.0. The molecule has 8 heteroatoms. The van der Waals surface area contributed by atoms with E-state index in [1.54, 1.807) is 6.92 Å².